The quantitative estimate of drug-likeness (QED) is 0.749. The van der Waals surface area contributed by atoms with Crippen molar-refractivity contribution in [2.45, 2.75) is 18.9 Å². The van der Waals surface area contributed by atoms with Gasteiger partial charge in [0, 0.05) is 8.95 Å². The molecule has 0 heterocycles. The average molecular weight is 423 g/mol. The maximum atomic E-state index is 13.7. The first-order valence-corrected chi connectivity index (χ1v) is 6.64. The largest absolute Gasteiger partial charge is 0.462 e. The van der Waals surface area contributed by atoms with Crippen LogP contribution < -0.4 is 5.73 Å². The van der Waals surface area contributed by atoms with E-state index in [4.69, 9.17) is 5.73 Å². The van der Waals surface area contributed by atoms with E-state index >= 15 is 0 Å². The Labute approximate surface area is 132 Å². The molecule has 0 radical (unpaired) electrons. The van der Waals surface area contributed by atoms with E-state index in [0.29, 0.717) is 8.95 Å². The minimum atomic E-state index is -3.77. The fourth-order valence-electron chi connectivity index (χ4n) is 1.32. The van der Waals surface area contributed by atoms with Crippen LogP contribution in [0.25, 0.3) is 0 Å². The van der Waals surface area contributed by atoms with E-state index in [1.807, 2.05) is 0 Å². The summed E-state index contributed by atoms with van der Waals surface area (Å²) in [4.78, 5) is 11.2. The van der Waals surface area contributed by atoms with Crippen LogP contribution in [0.15, 0.2) is 27.1 Å². The number of hydrogen-bond donors (Lipinski definition) is 1. The van der Waals surface area contributed by atoms with Crippen molar-refractivity contribution >= 4 is 50.2 Å². The van der Waals surface area contributed by atoms with E-state index < -0.39 is 17.9 Å². The van der Waals surface area contributed by atoms with Crippen LogP contribution in [0.4, 0.5) is 8.78 Å². The molecule has 0 amide bonds. The van der Waals surface area contributed by atoms with Gasteiger partial charge in [0.05, 0.1) is 6.61 Å². The van der Waals surface area contributed by atoms with Crippen molar-refractivity contribution in [3.8, 4) is 0 Å². The van der Waals surface area contributed by atoms with Crippen molar-refractivity contribution < 1.29 is 18.3 Å². The predicted molar refractivity (Wildman–Crippen MR) is 77.6 cm³/mol. The second kappa shape index (κ2) is 7.52. The predicted octanol–water partition coefficient (Wildman–Crippen LogP) is 3.83. The molecule has 0 saturated carbocycles. The molecule has 3 nitrogen and oxygen atoms in total. The van der Waals surface area contributed by atoms with E-state index in [9.17, 15) is 13.6 Å². The molecule has 1 aromatic carbocycles. The lowest BCUT2D eigenvalue weighted by Crippen LogP contribution is -2.41. The lowest BCUT2D eigenvalue weighted by atomic mass is 10.0. The average Bonchev–Trinajstić information content (AvgIpc) is 2.26. The van der Waals surface area contributed by atoms with E-state index in [1.54, 1.807) is 6.07 Å². The molecule has 0 unspecified atom stereocenters. The van der Waals surface area contributed by atoms with Crippen molar-refractivity contribution in [1.29, 1.82) is 0 Å². The first-order valence-electron chi connectivity index (χ1n) is 5.05. The number of benzene rings is 1. The van der Waals surface area contributed by atoms with Crippen LogP contribution in [0, 0.1) is 0 Å². The molecule has 0 spiro atoms. The van der Waals surface area contributed by atoms with Crippen molar-refractivity contribution in [1.82, 2.24) is 0 Å². The number of rotatable bonds is 4. The van der Waals surface area contributed by atoms with Gasteiger partial charge in [0.15, 0.2) is 0 Å². The molecule has 0 saturated heterocycles. The summed E-state index contributed by atoms with van der Waals surface area (Å²) in [7, 11) is 0. The highest BCUT2D eigenvalue weighted by atomic mass is 79.9. The Hall–Kier alpha value is -0.240. The van der Waals surface area contributed by atoms with Gasteiger partial charge in [-0.05, 0) is 30.7 Å². The molecule has 0 fully saturated rings. The Morgan fingerprint density at radius 3 is 2.26 bits per heavy atom. The number of alkyl halides is 2. The first-order chi connectivity index (χ1) is 8.28. The molecule has 0 aliphatic heterocycles. The van der Waals surface area contributed by atoms with Crippen LogP contribution in [0.5, 0.6) is 0 Å². The topological polar surface area (TPSA) is 52.3 Å². The minimum Gasteiger partial charge on any atom is -0.462 e. The number of halogens is 5. The summed E-state index contributed by atoms with van der Waals surface area (Å²) in [5.74, 6) is -5.38. The van der Waals surface area contributed by atoms with Crippen LogP contribution in [0.3, 0.4) is 0 Å². The smallest absolute Gasteiger partial charge is 0.379 e. The molecular formula is C11H12Br2ClF2NO2. The lowest BCUT2D eigenvalue weighted by Gasteiger charge is -2.22. The normalized spacial score (nSPS) is 12.5. The molecule has 0 aromatic heterocycles. The van der Waals surface area contributed by atoms with Gasteiger partial charge in [-0.2, -0.15) is 8.78 Å². The first kappa shape index (κ1) is 18.8. The van der Waals surface area contributed by atoms with Gasteiger partial charge in [-0.3, -0.25) is 0 Å². The van der Waals surface area contributed by atoms with Gasteiger partial charge in [-0.15, -0.1) is 12.4 Å². The van der Waals surface area contributed by atoms with Crippen LogP contribution in [-0.2, 0) is 9.53 Å². The van der Waals surface area contributed by atoms with Gasteiger partial charge >= 0.3 is 11.9 Å². The van der Waals surface area contributed by atoms with Gasteiger partial charge in [-0.25, -0.2) is 4.79 Å². The van der Waals surface area contributed by atoms with E-state index in [2.05, 4.69) is 36.6 Å². The van der Waals surface area contributed by atoms with Crippen molar-refractivity contribution in [2.75, 3.05) is 6.61 Å². The van der Waals surface area contributed by atoms with Gasteiger partial charge < -0.3 is 10.5 Å². The molecule has 19 heavy (non-hydrogen) atoms. The Bertz CT molecular complexity index is 440. The number of nitrogens with two attached hydrogens (primary N) is 1. The molecule has 2 N–H and O–H groups in total. The molecule has 0 aliphatic carbocycles. The van der Waals surface area contributed by atoms with Gasteiger partial charge in [-0.1, -0.05) is 31.9 Å². The summed E-state index contributed by atoms with van der Waals surface area (Å²) in [6.45, 7) is 1.33. The number of esters is 1. The number of hydrogen-bond acceptors (Lipinski definition) is 3. The summed E-state index contributed by atoms with van der Waals surface area (Å²) < 4.78 is 32.9. The SMILES string of the molecule is CCOC(=O)C(F)(F)[C@H](N)c1cc(Br)cc(Br)c1.Cl. The fourth-order valence-corrected chi connectivity index (χ4v) is 2.65. The van der Waals surface area contributed by atoms with Gasteiger partial charge in [0.2, 0.25) is 0 Å². The standard InChI is InChI=1S/C11H11Br2F2NO2.ClH/c1-2-18-10(17)11(14,15)9(16)6-3-7(12)5-8(13)4-6;/h3-5,9H,2,16H2,1H3;1H/t9-;/m1./s1. The number of carbonyl (C=O) groups excluding carboxylic acids is 1. The molecule has 0 bridgehead atoms. The van der Waals surface area contributed by atoms with Crippen LogP contribution in [0.2, 0.25) is 0 Å². The zero-order valence-electron chi connectivity index (χ0n) is 9.83. The summed E-state index contributed by atoms with van der Waals surface area (Å²) in [6.07, 6.45) is 0. The molecule has 108 valence electrons. The summed E-state index contributed by atoms with van der Waals surface area (Å²) in [5, 5.41) is 0. The number of carbonyl (C=O) groups is 1. The molecule has 1 atom stereocenters. The van der Waals surface area contributed by atoms with Crippen molar-refractivity contribution in [3.05, 3.63) is 32.7 Å². The number of ether oxygens (including phenoxy) is 1. The maximum Gasteiger partial charge on any atom is 0.379 e. The van der Waals surface area contributed by atoms with Crippen molar-refractivity contribution in [3.63, 3.8) is 0 Å². The van der Waals surface area contributed by atoms with E-state index in [0.717, 1.165) is 0 Å². The highest BCUT2D eigenvalue weighted by Gasteiger charge is 2.47. The third-order valence-electron chi connectivity index (χ3n) is 2.18. The van der Waals surface area contributed by atoms with Gasteiger partial charge in [0.1, 0.15) is 6.04 Å². The third kappa shape index (κ3) is 4.66. The summed E-state index contributed by atoms with van der Waals surface area (Å²) in [5.41, 5.74) is 5.58. The maximum absolute atomic E-state index is 13.7. The molecular weight excluding hydrogens is 411 g/mol. The van der Waals surface area contributed by atoms with Gasteiger partial charge in [0.25, 0.3) is 0 Å². The highest BCUT2D eigenvalue weighted by Crippen LogP contribution is 2.33. The second-order valence-corrected chi connectivity index (χ2v) is 5.36. The zero-order chi connectivity index (χ0) is 13.9. The zero-order valence-corrected chi connectivity index (χ0v) is 13.8. The molecule has 0 aliphatic rings. The van der Waals surface area contributed by atoms with E-state index in [1.165, 1.54) is 19.1 Å². The molecule has 1 rings (SSSR count). The second-order valence-electron chi connectivity index (χ2n) is 3.52. The van der Waals surface area contributed by atoms with E-state index in [-0.39, 0.29) is 24.6 Å². The lowest BCUT2D eigenvalue weighted by molar-refractivity contribution is -0.174. The summed E-state index contributed by atoms with van der Waals surface area (Å²) >= 11 is 6.34. The Kier molecular flexibility index (Phi) is 7.42. The van der Waals surface area contributed by atoms with Crippen LogP contribution >= 0.6 is 44.3 Å². The van der Waals surface area contributed by atoms with Crippen LogP contribution in [0.1, 0.15) is 18.5 Å². The Morgan fingerprint density at radius 2 is 1.84 bits per heavy atom. The minimum absolute atomic E-state index is 0. The van der Waals surface area contributed by atoms with Crippen molar-refractivity contribution in [2.24, 2.45) is 5.73 Å². The highest BCUT2D eigenvalue weighted by molar-refractivity contribution is 9.11. The fraction of sp³-hybridized carbons (Fsp3) is 0.364. The Morgan fingerprint density at radius 1 is 1.37 bits per heavy atom. The molecule has 8 heteroatoms. The molecule has 1 aromatic rings. The Balaban J connectivity index is 0.00000324. The van der Waals surface area contributed by atoms with Crippen LogP contribution in [-0.4, -0.2) is 18.5 Å². The third-order valence-corrected chi connectivity index (χ3v) is 3.10. The monoisotopic (exact) mass is 421 g/mol. The summed E-state index contributed by atoms with van der Waals surface area (Å²) in [6, 6.07) is 2.79.